The highest BCUT2D eigenvalue weighted by molar-refractivity contribution is 5.72. The number of carbonyl (C=O) groups excluding carboxylic acids is 2. The maximum atomic E-state index is 11.2. The number of allylic oxidation sites excluding steroid dienone is 2. The summed E-state index contributed by atoms with van der Waals surface area (Å²) in [5.41, 5.74) is 0.695. The van der Waals surface area contributed by atoms with Gasteiger partial charge in [-0.1, -0.05) is 12.7 Å². The molecule has 0 amide bonds. The molecule has 0 saturated carbocycles. The van der Waals surface area contributed by atoms with E-state index in [9.17, 15) is 9.59 Å². The van der Waals surface area contributed by atoms with Crippen LogP contribution in [-0.2, 0) is 18.9 Å². The first-order valence-electron chi connectivity index (χ1n) is 4.82. The van der Waals surface area contributed by atoms with Crippen LogP contribution in [0.15, 0.2) is 24.0 Å². The zero-order chi connectivity index (χ0) is 11.3. The molecule has 3 aliphatic rings. The molecular weight excluding hydrogens is 216 g/mol. The molecule has 1 spiro atoms. The van der Waals surface area contributed by atoms with E-state index in [1.807, 2.05) is 0 Å². The summed E-state index contributed by atoms with van der Waals surface area (Å²) in [4.78, 5) is 22.3. The molecule has 2 heterocycles. The molecule has 0 aromatic heterocycles. The van der Waals surface area contributed by atoms with Gasteiger partial charge in [0, 0.05) is 0 Å². The molecule has 84 valence electrons. The second kappa shape index (κ2) is 2.78. The van der Waals surface area contributed by atoms with Gasteiger partial charge < -0.3 is 18.9 Å². The Hall–Kier alpha value is -1.98. The SMILES string of the molecule is C=CC1=C2OC(=O)OC23OC(=O)OC3CC1. The lowest BCUT2D eigenvalue weighted by atomic mass is 9.90. The number of ether oxygens (including phenoxy) is 4. The lowest BCUT2D eigenvalue weighted by Gasteiger charge is -2.27. The van der Waals surface area contributed by atoms with E-state index in [2.05, 4.69) is 6.58 Å². The Morgan fingerprint density at radius 3 is 2.81 bits per heavy atom. The summed E-state index contributed by atoms with van der Waals surface area (Å²) < 4.78 is 19.7. The molecule has 2 fully saturated rings. The van der Waals surface area contributed by atoms with Gasteiger partial charge in [0.15, 0.2) is 6.10 Å². The Morgan fingerprint density at radius 1 is 1.31 bits per heavy atom. The fourth-order valence-electron chi connectivity index (χ4n) is 2.17. The Labute approximate surface area is 90.4 Å². The summed E-state index contributed by atoms with van der Waals surface area (Å²) in [7, 11) is 0. The molecule has 2 saturated heterocycles. The van der Waals surface area contributed by atoms with Gasteiger partial charge in [0.2, 0.25) is 5.76 Å². The monoisotopic (exact) mass is 224 g/mol. The molecule has 6 nitrogen and oxygen atoms in total. The van der Waals surface area contributed by atoms with E-state index in [1.165, 1.54) is 0 Å². The minimum atomic E-state index is -1.52. The van der Waals surface area contributed by atoms with Crippen molar-refractivity contribution in [3.05, 3.63) is 24.0 Å². The number of hydrogen-bond acceptors (Lipinski definition) is 6. The third kappa shape index (κ3) is 0.959. The highest BCUT2D eigenvalue weighted by Gasteiger charge is 2.66. The third-order valence-electron chi connectivity index (χ3n) is 2.85. The number of rotatable bonds is 1. The molecule has 1 aliphatic carbocycles. The smallest absolute Gasteiger partial charge is 0.422 e. The van der Waals surface area contributed by atoms with Crippen LogP contribution in [-0.4, -0.2) is 24.2 Å². The maximum Gasteiger partial charge on any atom is 0.517 e. The van der Waals surface area contributed by atoms with Gasteiger partial charge in [0.05, 0.1) is 0 Å². The molecule has 16 heavy (non-hydrogen) atoms. The van der Waals surface area contributed by atoms with Crippen LogP contribution in [0.1, 0.15) is 12.8 Å². The van der Waals surface area contributed by atoms with Gasteiger partial charge >= 0.3 is 18.1 Å². The molecule has 2 aliphatic heterocycles. The summed E-state index contributed by atoms with van der Waals surface area (Å²) >= 11 is 0. The Bertz CT molecular complexity index is 433. The van der Waals surface area contributed by atoms with Crippen LogP contribution in [0.3, 0.4) is 0 Å². The van der Waals surface area contributed by atoms with Crippen molar-refractivity contribution in [3.63, 3.8) is 0 Å². The van der Waals surface area contributed by atoms with E-state index in [4.69, 9.17) is 18.9 Å². The lowest BCUT2D eigenvalue weighted by Crippen LogP contribution is -2.43. The van der Waals surface area contributed by atoms with Crippen molar-refractivity contribution >= 4 is 12.3 Å². The summed E-state index contributed by atoms with van der Waals surface area (Å²) in [5.74, 6) is -1.33. The quantitative estimate of drug-likeness (QED) is 0.630. The Kier molecular flexibility index (Phi) is 1.61. The van der Waals surface area contributed by atoms with Gasteiger partial charge in [-0.25, -0.2) is 9.59 Å². The van der Waals surface area contributed by atoms with Gasteiger partial charge in [0.25, 0.3) is 0 Å². The molecule has 0 radical (unpaired) electrons. The van der Waals surface area contributed by atoms with Gasteiger partial charge in [-0.15, -0.1) is 0 Å². The molecule has 0 aromatic rings. The van der Waals surface area contributed by atoms with E-state index in [0.29, 0.717) is 18.4 Å². The van der Waals surface area contributed by atoms with Gasteiger partial charge in [0.1, 0.15) is 0 Å². The molecule has 2 atom stereocenters. The molecule has 0 N–H and O–H groups in total. The fraction of sp³-hybridized carbons (Fsp3) is 0.400. The van der Waals surface area contributed by atoms with Crippen LogP contribution in [0.25, 0.3) is 0 Å². The minimum Gasteiger partial charge on any atom is -0.422 e. The maximum absolute atomic E-state index is 11.2. The van der Waals surface area contributed by atoms with Crippen molar-refractivity contribution in [2.45, 2.75) is 24.7 Å². The van der Waals surface area contributed by atoms with E-state index in [0.717, 1.165) is 0 Å². The van der Waals surface area contributed by atoms with Gasteiger partial charge in [-0.3, -0.25) is 0 Å². The van der Waals surface area contributed by atoms with E-state index < -0.39 is 24.2 Å². The van der Waals surface area contributed by atoms with Gasteiger partial charge in [-0.2, -0.15) is 0 Å². The third-order valence-corrected chi connectivity index (χ3v) is 2.85. The average Bonchev–Trinajstić information content (AvgIpc) is 2.71. The second-order valence-electron chi connectivity index (χ2n) is 3.68. The molecule has 0 aromatic carbocycles. The zero-order valence-electron chi connectivity index (χ0n) is 8.23. The molecular formula is C10H8O6. The summed E-state index contributed by atoms with van der Waals surface area (Å²) in [6, 6.07) is 0. The topological polar surface area (TPSA) is 71.1 Å². The molecule has 6 heteroatoms. The van der Waals surface area contributed by atoms with Crippen molar-refractivity contribution in [1.29, 1.82) is 0 Å². The van der Waals surface area contributed by atoms with Gasteiger partial charge in [-0.05, 0) is 18.4 Å². The van der Waals surface area contributed by atoms with Crippen LogP contribution >= 0.6 is 0 Å². The first-order chi connectivity index (χ1) is 7.65. The van der Waals surface area contributed by atoms with Crippen LogP contribution in [0, 0.1) is 0 Å². The average molecular weight is 224 g/mol. The summed E-state index contributed by atoms with van der Waals surface area (Å²) in [6.07, 6.45) is 0.281. The predicted molar refractivity (Wildman–Crippen MR) is 48.1 cm³/mol. The lowest BCUT2D eigenvalue weighted by molar-refractivity contribution is -0.120. The van der Waals surface area contributed by atoms with Crippen molar-refractivity contribution in [1.82, 2.24) is 0 Å². The second-order valence-corrected chi connectivity index (χ2v) is 3.68. The first-order valence-corrected chi connectivity index (χ1v) is 4.82. The van der Waals surface area contributed by atoms with Crippen molar-refractivity contribution in [3.8, 4) is 0 Å². The Balaban J connectivity index is 2.15. The van der Waals surface area contributed by atoms with Crippen LogP contribution < -0.4 is 0 Å². The zero-order valence-corrected chi connectivity index (χ0v) is 8.23. The Morgan fingerprint density at radius 2 is 2.06 bits per heavy atom. The van der Waals surface area contributed by atoms with E-state index in [1.54, 1.807) is 6.08 Å². The molecule has 0 bridgehead atoms. The normalized spacial score (nSPS) is 35.6. The predicted octanol–water partition coefficient (Wildman–Crippen LogP) is 1.62. The minimum absolute atomic E-state index is 0.189. The summed E-state index contributed by atoms with van der Waals surface area (Å²) in [6.45, 7) is 3.61. The number of hydrogen-bond donors (Lipinski definition) is 0. The molecule has 2 unspecified atom stereocenters. The van der Waals surface area contributed by atoms with Crippen molar-refractivity contribution in [2.75, 3.05) is 0 Å². The first kappa shape index (κ1) is 9.26. The van der Waals surface area contributed by atoms with Crippen molar-refractivity contribution < 1.29 is 28.5 Å². The highest BCUT2D eigenvalue weighted by Crippen LogP contribution is 2.48. The van der Waals surface area contributed by atoms with Crippen LogP contribution in [0.2, 0.25) is 0 Å². The fourth-order valence-corrected chi connectivity index (χ4v) is 2.17. The molecule has 3 rings (SSSR count). The van der Waals surface area contributed by atoms with E-state index in [-0.39, 0.29) is 5.76 Å². The van der Waals surface area contributed by atoms with Crippen LogP contribution in [0.5, 0.6) is 0 Å². The van der Waals surface area contributed by atoms with Crippen LogP contribution in [0.4, 0.5) is 9.59 Å². The highest BCUT2D eigenvalue weighted by atomic mass is 16.9. The van der Waals surface area contributed by atoms with E-state index >= 15 is 0 Å². The van der Waals surface area contributed by atoms with Crippen molar-refractivity contribution in [2.24, 2.45) is 0 Å². The standard InChI is InChI=1S/C10H8O6/c1-2-5-3-4-6-10(15-8(11)13-6)7(5)14-9(12)16-10/h2,6H,1,3-4H2. The summed E-state index contributed by atoms with van der Waals surface area (Å²) in [5, 5.41) is 0. The largest absolute Gasteiger partial charge is 0.517 e. The number of carbonyl (C=O) groups is 2.